The Labute approximate surface area is 156 Å². The number of carbonyl (C=O) groups is 2. The molecule has 26 heavy (non-hydrogen) atoms. The van der Waals surface area contributed by atoms with Gasteiger partial charge in [-0.1, -0.05) is 23.7 Å². The van der Waals surface area contributed by atoms with Gasteiger partial charge in [0.2, 0.25) is 21.8 Å². The Hall–Kier alpha value is -2.42. The highest BCUT2D eigenvalue weighted by Gasteiger charge is 2.17. The fraction of sp³-hybridized carbons (Fsp3) is 0.176. The van der Waals surface area contributed by atoms with Crippen LogP contribution < -0.4 is 15.8 Å². The number of amides is 2. The minimum atomic E-state index is -3.79. The number of nitrogens with one attached hydrogen (secondary N) is 2. The first-order valence-electron chi connectivity index (χ1n) is 7.60. The molecule has 0 heterocycles. The van der Waals surface area contributed by atoms with Crippen LogP contribution in [0.15, 0.2) is 53.4 Å². The van der Waals surface area contributed by atoms with Gasteiger partial charge >= 0.3 is 0 Å². The van der Waals surface area contributed by atoms with Crippen LogP contribution in [0.2, 0.25) is 5.02 Å². The maximum absolute atomic E-state index is 12.3. The molecule has 2 aromatic carbocycles. The van der Waals surface area contributed by atoms with Crippen LogP contribution >= 0.6 is 11.6 Å². The predicted molar refractivity (Wildman–Crippen MR) is 99.1 cm³/mol. The molecule has 1 unspecified atom stereocenters. The fourth-order valence-electron chi connectivity index (χ4n) is 2.32. The second-order valence-corrected chi connectivity index (χ2v) is 7.62. The van der Waals surface area contributed by atoms with Crippen molar-refractivity contribution in [3.63, 3.8) is 0 Å². The van der Waals surface area contributed by atoms with Gasteiger partial charge in [0, 0.05) is 17.6 Å². The summed E-state index contributed by atoms with van der Waals surface area (Å²) in [5.74, 6) is -0.614. The molecule has 0 saturated carbocycles. The first-order valence-corrected chi connectivity index (χ1v) is 9.53. The van der Waals surface area contributed by atoms with Crippen LogP contribution in [0.1, 0.15) is 24.9 Å². The molecule has 2 amide bonds. The van der Waals surface area contributed by atoms with Gasteiger partial charge in [-0.2, -0.15) is 0 Å². The Morgan fingerprint density at radius 2 is 1.65 bits per heavy atom. The molecular weight excluding hydrogens is 378 g/mol. The van der Waals surface area contributed by atoms with Crippen LogP contribution in [0.3, 0.4) is 0 Å². The molecule has 0 bridgehead atoms. The first-order chi connectivity index (χ1) is 12.1. The number of benzene rings is 2. The Kier molecular flexibility index (Phi) is 6.36. The molecule has 0 aliphatic carbocycles. The van der Waals surface area contributed by atoms with E-state index >= 15 is 0 Å². The molecule has 0 aliphatic rings. The van der Waals surface area contributed by atoms with Crippen molar-refractivity contribution in [1.82, 2.24) is 5.32 Å². The summed E-state index contributed by atoms with van der Waals surface area (Å²) in [4.78, 5) is 23.7. The number of sulfonamides is 1. The highest BCUT2D eigenvalue weighted by molar-refractivity contribution is 7.89. The summed E-state index contributed by atoms with van der Waals surface area (Å²) in [6.07, 6.45) is -0.00183. The van der Waals surface area contributed by atoms with Gasteiger partial charge in [0.1, 0.15) is 0 Å². The maximum atomic E-state index is 12.3. The summed E-state index contributed by atoms with van der Waals surface area (Å²) in [5, 5.41) is 11.0. The van der Waals surface area contributed by atoms with Crippen LogP contribution in [0.4, 0.5) is 5.69 Å². The van der Waals surface area contributed by atoms with Crippen LogP contribution in [0, 0.1) is 0 Å². The molecule has 9 heteroatoms. The van der Waals surface area contributed by atoms with E-state index in [4.69, 9.17) is 16.7 Å². The molecule has 0 fully saturated rings. The van der Waals surface area contributed by atoms with Gasteiger partial charge in [-0.25, -0.2) is 13.6 Å². The lowest BCUT2D eigenvalue weighted by molar-refractivity contribution is -0.120. The van der Waals surface area contributed by atoms with E-state index in [1.165, 1.54) is 31.2 Å². The Balaban J connectivity index is 2.09. The topological polar surface area (TPSA) is 118 Å². The monoisotopic (exact) mass is 395 g/mol. The van der Waals surface area contributed by atoms with Crippen molar-refractivity contribution in [3.8, 4) is 0 Å². The zero-order valence-corrected chi connectivity index (χ0v) is 15.5. The van der Waals surface area contributed by atoms with Gasteiger partial charge in [-0.3, -0.25) is 9.59 Å². The van der Waals surface area contributed by atoms with Crippen molar-refractivity contribution in [2.45, 2.75) is 24.3 Å². The molecule has 0 spiro atoms. The lowest BCUT2D eigenvalue weighted by atomic mass is 10.0. The number of carbonyl (C=O) groups excluding carboxylic acids is 2. The summed E-state index contributed by atoms with van der Waals surface area (Å²) in [5.41, 5.74) is 1.16. The number of rotatable bonds is 6. The average Bonchev–Trinajstić information content (AvgIpc) is 2.54. The third kappa shape index (κ3) is 5.83. The highest BCUT2D eigenvalue weighted by Crippen LogP contribution is 2.21. The molecule has 1 atom stereocenters. The van der Waals surface area contributed by atoms with Gasteiger partial charge in [-0.15, -0.1) is 0 Å². The Bertz CT molecular complexity index is 897. The Morgan fingerprint density at radius 3 is 2.15 bits per heavy atom. The van der Waals surface area contributed by atoms with Crippen molar-refractivity contribution < 1.29 is 18.0 Å². The zero-order chi connectivity index (χ0) is 19.3. The van der Waals surface area contributed by atoms with Crippen molar-refractivity contribution in [2.24, 2.45) is 5.14 Å². The molecule has 0 aromatic heterocycles. The van der Waals surface area contributed by atoms with Crippen molar-refractivity contribution in [2.75, 3.05) is 5.32 Å². The molecule has 0 radical (unpaired) electrons. The molecule has 2 aromatic rings. The largest absolute Gasteiger partial charge is 0.349 e. The second-order valence-electron chi connectivity index (χ2n) is 5.63. The zero-order valence-electron chi connectivity index (χ0n) is 13.9. The molecule has 4 N–H and O–H groups in total. The smallest absolute Gasteiger partial charge is 0.238 e. The minimum absolute atomic E-state index is 0.00183. The van der Waals surface area contributed by atoms with Gasteiger partial charge in [0.05, 0.1) is 17.4 Å². The van der Waals surface area contributed by atoms with Crippen molar-refractivity contribution in [3.05, 3.63) is 59.1 Å². The number of hydrogen-bond acceptors (Lipinski definition) is 4. The van der Waals surface area contributed by atoms with E-state index in [1.807, 2.05) is 0 Å². The molecule has 2 rings (SSSR count). The molecule has 0 saturated heterocycles. The summed E-state index contributed by atoms with van der Waals surface area (Å²) >= 11 is 5.86. The van der Waals surface area contributed by atoms with Crippen molar-refractivity contribution in [1.29, 1.82) is 0 Å². The van der Waals surface area contributed by atoms with Crippen molar-refractivity contribution >= 4 is 39.1 Å². The number of hydrogen-bond donors (Lipinski definition) is 3. The van der Waals surface area contributed by atoms with Gasteiger partial charge < -0.3 is 10.6 Å². The number of nitrogens with two attached hydrogens (primary N) is 1. The van der Waals surface area contributed by atoms with E-state index in [9.17, 15) is 18.0 Å². The van der Waals surface area contributed by atoms with Crippen LogP contribution in [-0.4, -0.2) is 20.2 Å². The second kappa shape index (κ2) is 8.31. The average molecular weight is 396 g/mol. The fourth-order valence-corrected chi connectivity index (χ4v) is 2.96. The normalized spacial score (nSPS) is 12.3. The van der Waals surface area contributed by atoms with E-state index in [2.05, 4.69) is 10.6 Å². The predicted octanol–water partition coefficient (Wildman–Crippen LogP) is 2.19. The third-order valence-electron chi connectivity index (χ3n) is 3.51. The number of anilines is 1. The Morgan fingerprint density at radius 1 is 1.08 bits per heavy atom. The standard InChI is InChI=1S/C17H18ClN3O4S/c1-11(22)20-16(12-2-4-13(18)5-3-12)10-17(23)21-14-6-8-15(9-7-14)26(19,24)25/h2-9,16H,10H2,1H3,(H,20,22)(H,21,23)(H2,19,24,25). The number of halogens is 1. The number of primary sulfonamides is 1. The molecule has 138 valence electrons. The maximum Gasteiger partial charge on any atom is 0.238 e. The first kappa shape index (κ1) is 19.9. The van der Waals surface area contributed by atoms with E-state index in [1.54, 1.807) is 24.3 Å². The summed E-state index contributed by atoms with van der Waals surface area (Å²) in [6, 6.07) is 11.8. The van der Waals surface area contributed by atoms with E-state index in [0.717, 1.165) is 5.56 Å². The van der Waals surface area contributed by atoms with E-state index in [-0.39, 0.29) is 23.1 Å². The quantitative estimate of drug-likeness (QED) is 0.694. The molecule has 0 aliphatic heterocycles. The van der Waals surface area contributed by atoms with Gasteiger partial charge in [0.15, 0.2) is 0 Å². The van der Waals surface area contributed by atoms with E-state index < -0.39 is 16.1 Å². The minimum Gasteiger partial charge on any atom is -0.349 e. The summed E-state index contributed by atoms with van der Waals surface area (Å²) < 4.78 is 22.5. The highest BCUT2D eigenvalue weighted by atomic mass is 35.5. The molecule has 7 nitrogen and oxygen atoms in total. The van der Waals surface area contributed by atoms with Crippen LogP contribution in [-0.2, 0) is 19.6 Å². The van der Waals surface area contributed by atoms with Crippen LogP contribution in [0.5, 0.6) is 0 Å². The van der Waals surface area contributed by atoms with E-state index in [0.29, 0.717) is 10.7 Å². The lowest BCUT2D eigenvalue weighted by Crippen LogP contribution is -2.29. The van der Waals surface area contributed by atoms with Crippen LogP contribution in [0.25, 0.3) is 0 Å². The van der Waals surface area contributed by atoms with Gasteiger partial charge in [0.25, 0.3) is 0 Å². The lowest BCUT2D eigenvalue weighted by Gasteiger charge is -2.18. The summed E-state index contributed by atoms with van der Waals surface area (Å²) in [6.45, 7) is 1.37. The third-order valence-corrected chi connectivity index (χ3v) is 4.69. The molecular formula is C17H18ClN3O4S. The SMILES string of the molecule is CC(=O)NC(CC(=O)Nc1ccc(S(N)(=O)=O)cc1)c1ccc(Cl)cc1. The summed E-state index contributed by atoms with van der Waals surface area (Å²) in [7, 11) is -3.79. The van der Waals surface area contributed by atoms with Gasteiger partial charge in [-0.05, 0) is 42.0 Å².